The highest BCUT2D eigenvalue weighted by molar-refractivity contribution is 5.89. The van der Waals surface area contributed by atoms with Crippen molar-refractivity contribution >= 4 is 17.6 Å². The molecule has 0 spiro atoms. The zero-order chi connectivity index (χ0) is 18.5. The lowest BCUT2D eigenvalue weighted by molar-refractivity contribution is -0.128. The van der Waals surface area contributed by atoms with Gasteiger partial charge >= 0.3 is 0 Å². The number of nitrogens with one attached hydrogen (secondary N) is 1. The average molecular weight is 352 g/mol. The Balaban J connectivity index is 1.64. The smallest absolute Gasteiger partial charge is 0.225 e. The highest BCUT2D eigenvalue weighted by Gasteiger charge is 2.31. The summed E-state index contributed by atoms with van der Waals surface area (Å²) in [6.07, 6.45) is 2.04. The highest BCUT2D eigenvalue weighted by atomic mass is 16.2. The van der Waals surface area contributed by atoms with Gasteiger partial charge in [-0.2, -0.15) is 0 Å². The molecule has 2 heterocycles. The first-order valence-corrected chi connectivity index (χ1v) is 8.75. The predicted molar refractivity (Wildman–Crippen MR) is 100 cm³/mol. The fourth-order valence-corrected chi connectivity index (χ4v) is 3.21. The number of pyridine rings is 1. The van der Waals surface area contributed by atoms with Crippen LogP contribution in [0.5, 0.6) is 0 Å². The molecule has 136 valence electrons. The third-order valence-electron chi connectivity index (χ3n) is 4.66. The number of hydrogen-bond acceptors (Lipinski definition) is 4. The molecule has 6 nitrogen and oxygen atoms in total. The fourth-order valence-electron chi connectivity index (χ4n) is 3.21. The zero-order valence-electron chi connectivity index (χ0n) is 15.2. The van der Waals surface area contributed by atoms with Crippen molar-refractivity contribution in [3.8, 4) is 0 Å². The maximum absolute atomic E-state index is 12.4. The van der Waals surface area contributed by atoms with E-state index in [2.05, 4.69) is 27.3 Å². The molecule has 1 aromatic carbocycles. The van der Waals surface area contributed by atoms with Gasteiger partial charge in [-0.3, -0.25) is 9.59 Å². The second kappa shape index (κ2) is 7.99. The number of benzene rings is 1. The van der Waals surface area contributed by atoms with E-state index in [9.17, 15) is 9.59 Å². The topological polar surface area (TPSA) is 65.5 Å². The van der Waals surface area contributed by atoms with Crippen LogP contribution in [0.15, 0.2) is 48.7 Å². The summed E-state index contributed by atoms with van der Waals surface area (Å²) in [6, 6.07) is 14.0. The van der Waals surface area contributed by atoms with E-state index in [1.807, 2.05) is 37.4 Å². The van der Waals surface area contributed by atoms with Gasteiger partial charge in [0, 0.05) is 51.9 Å². The van der Waals surface area contributed by atoms with Crippen LogP contribution in [0, 0.1) is 5.92 Å². The molecule has 1 fully saturated rings. The average Bonchev–Trinajstić information content (AvgIpc) is 2.99. The van der Waals surface area contributed by atoms with E-state index in [4.69, 9.17) is 0 Å². The first-order valence-electron chi connectivity index (χ1n) is 8.75. The van der Waals surface area contributed by atoms with Crippen LogP contribution in [-0.2, 0) is 22.7 Å². The Morgan fingerprint density at radius 1 is 1.27 bits per heavy atom. The molecule has 0 saturated carbocycles. The van der Waals surface area contributed by atoms with Crippen LogP contribution in [-0.4, -0.2) is 42.3 Å². The van der Waals surface area contributed by atoms with Gasteiger partial charge in [-0.1, -0.05) is 36.4 Å². The maximum Gasteiger partial charge on any atom is 0.225 e. The molecular formula is C20H24N4O2. The molecule has 0 unspecified atom stereocenters. The number of likely N-dealkylation sites (tertiary alicyclic amines) is 1. The van der Waals surface area contributed by atoms with Gasteiger partial charge in [0.15, 0.2) is 0 Å². The van der Waals surface area contributed by atoms with Crippen LogP contribution >= 0.6 is 0 Å². The van der Waals surface area contributed by atoms with Crippen LogP contribution in [0.2, 0.25) is 0 Å². The summed E-state index contributed by atoms with van der Waals surface area (Å²) in [5, 5.41) is 2.96. The molecule has 3 rings (SSSR count). The highest BCUT2D eigenvalue weighted by Crippen LogP contribution is 2.19. The third-order valence-corrected chi connectivity index (χ3v) is 4.66. The molecule has 1 aromatic heterocycles. The minimum atomic E-state index is -0.269. The van der Waals surface area contributed by atoms with Crippen LogP contribution in [0.3, 0.4) is 0 Å². The molecule has 6 heteroatoms. The number of carbonyl (C=O) groups is 2. The minimum absolute atomic E-state index is 0.0230. The summed E-state index contributed by atoms with van der Waals surface area (Å²) in [5.41, 5.74) is 2.15. The summed E-state index contributed by atoms with van der Waals surface area (Å²) in [6.45, 7) is 1.62. The van der Waals surface area contributed by atoms with Crippen LogP contribution in [0.1, 0.15) is 17.5 Å². The van der Waals surface area contributed by atoms with Crippen molar-refractivity contribution in [2.24, 2.45) is 5.92 Å². The molecule has 1 atom stereocenters. The van der Waals surface area contributed by atoms with E-state index in [1.165, 1.54) is 5.56 Å². The SMILES string of the molecule is CN1C[C@@H](C(=O)NCc2cccnc2N(C)Cc2ccccc2)CC1=O. The van der Waals surface area contributed by atoms with Gasteiger partial charge in [-0.15, -0.1) is 0 Å². The van der Waals surface area contributed by atoms with Crippen LogP contribution < -0.4 is 10.2 Å². The largest absolute Gasteiger partial charge is 0.355 e. The molecule has 26 heavy (non-hydrogen) atoms. The second-order valence-electron chi connectivity index (χ2n) is 6.72. The van der Waals surface area contributed by atoms with Crippen molar-refractivity contribution in [2.75, 3.05) is 25.5 Å². The van der Waals surface area contributed by atoms with E-state index in [0.717, 1.165) is 17.9 Å². The summed E-state index contributed by atoms with van der Waals surface area (Å²) in [7, 11) is 3.72. The summed E-state index contributed by atoms with van der Waals surface area (Å²) < 4.78 is 0. The lowest BCUT2D eigenvalue weighted by Gasteiger charge is -2.21. The van der Waals surface area contributed by atoms with Gasteiger partial charge in [0.05, 0.1) is 5.92 Å². The number of carbonyl (C=O) groups excluding carboxylic acids is 2. The molecule has 2 aromatic rings. The number of rotatable bonds is 6. The Bertz CT molecular complexity index is 778. The normalized spacial score (nSPS) is 16.6. The zero-order valence-corrected chi connectivity index (χ0v) is 15.2. The number of nitrogens with zero attached hydrogens (tertiary/aromatic N) is 3. The van der Waals surface area contributed by atoms with Gasteiger partial charge in [0.25, 0.3) is 0 Å². The van der Waals surface area contributed by atoms with Crippen molar-refractivity contribution in [1.82, 2.24) is 15.2 Å². The van der Waals surface area contributed by atoms with Gasteiger partial charge in [-0.25, -0.2) is 4.98 Å². The molecule has 0 bridgehead atoms. The van der Waals surface area contributed by atoms with Crippen molar-refractivity contribution in [3.63, 3.8) is 0 Å². The van der Waals surface area contributed by atoms with E-state index in [0.29, 0.717) is 13.1 Å². The Hall–Kier alpha value is -2.89. The monoisotopic (exact) mass is 352 g/mol. The lowest BCUT2D eigenvalue weighted by atomic mass is 10.1. The molecule has 1 saturated heterocycles. The first-order chi connectivity index (χ1) is 12.5. The van der Waals surface area contributed by atoms with Gasteiger partial charge < -0.3 is 15.1 Å². The number of amides is 2. The second-order valence-corrected chi connectivity index (χ2v) is 6.72. The van der Waals surface area contributed by atoms with E-state index in [-0.39, 0.29) is 24.2 Å². The number of hydrogen-bond donors (Lipinski definition) is 1. The van der Waals surface area contributed by atoms with E-state index < -0.39 is 0 Å². The van der Waals surface area contributed by atoms with E-state index >= 15 is 0 Å². The Morgan fingerprint density at radius 3 is 2.73 bits per heavy atom. The summed E-state index contributed by atoms with van der Waals surface area (Å²) in [4.78, 5) is 32.1. The molecule has 1 aliphatic heterocycles. The predicted octanol–water partition coefficient (Wildman–Crippen LogP) is 1.81. The molecule has 0 aliphatic carbocycles. The molecule has 1 N–H and O–H groups in total. The van der Waals surface area contributed by atoms with Gasteiger partial charge in [0.1, 0.15) is 5.82 Å². The third kappa shape index (κ3) is 4.20. The lowest BCUT2D eigenvalue weighted by Crippen LogP contribution is -2.32. The Kier molecular flexibility index (Phi) is 5.51. The van der Waals surface area contributed by atoms with Crippen molar-refractivity contribution < 1.29 is 9.59 Å². The summed E-state index contributed by atoms with van der Waals surface area (Å²) >= 11 is 0. The fraction of sp³-hybridized carbons (Fsp3) is 0.350. The molecular weight excluding hydrogens is 328 g/mol. The minimum Gasteiger partial charge on any atom is -0.355 e. The van der Waals surface area contributed by atoms with E-state index in [1.54, 1.807) is 18.1 Å². The number of anilines is 1. The first kappa shape index (κ1) is 17.9. The molecule has 2 amide bonds. The van der Waals surface area contributed by atoms with Crippen LogP contribution in [0.25, 0.3) is 0 Å². The number of aromatic nitrogens is 1. The maximum atomic E-state index is 12.4. The Labute approximate surface area is 153 Å². The van der Waals surface area contributed by atoms with Crippen molar-refractivity contribution in [1.29, 1.82) is 0 Å². The quantitative estimate of drug-likeness (QED) is 0.861. The van der Waals surface area contributed by atoms with Crippen molar-refractivity contribution in [3.05, 3.63) is 59.8 Å². The van der Waals surface area contributed by atoms with Gasteiger partial charge in [-0.05, 0) is 11.6 Å². The molecule has 0 radical (unpaired) electrons. The van der Waals surface area contributed by atoms with Crippen molar-refractivity contribution in [2.45, 2.75) is 19.5 Å². The standard InChI is InChI=1S/C20H24N4O2/c1-23-14-17(11-18(23)25)20(26)22-12-16-9-6-10-21-19(16)24(2)13-15-7-4-3-5-8-15/h3-10,17H,11-14H2,1-2H3,(H,22,26)/t17-/m0/s1. The Morgan fingerprint density at radius 2 is 2.04 bits per heavy atom. The summed E-state index contributed by atoms with van der Waals surface area (Å²) in [5.74, 6) is 0.518. The van der Waals surface area contributed by atoms with Gasteiger partial charge in [0.2, 0.25) is 11.8 Å². The molecule has 1 aliphatic rings. The van der Waals surface area contributed by atoms with Crippen LogP contribution in [0.4, 0.5) is 5.82 Å².